The van der Waals surface area contributed by atoms with Gasteiger partial charge in [0.15, 0.2) is 23.7 Å². The average molecular weight is 504 g/mol. The number of rotatable bonds is 12. The maximum atomic E-state index is 11.8. The second-order valence-corrected chi connectivity index (χ2v) is 8.61. The molecule has 5 aromatic rings. The number of nitrogens with one attached hydrogen (secondary N) is 1. The molecule has 0 spiro atoms. The zero-order valence-corrected chi connectivity index (χ0v) is 20.3. The lowest BCUT2D eigenvalue weighted by molar-refractivity contribution is -0.123. The van der Waals surface area contributed by atoms with Crippen LogP contribution in [0.4, 0.5) is 5.95 Å². The van der Waals surface area contributed by atoms with Gasteiger partial charge in [-0.1, -0.05) is 12.1 Å². The van der Waals surface area contributed by atoms with E-state index in [-0.39, 0.29) is 18.5 Å². The fourth-order valence-corrected chi connectivity index (χ4v) is 4.01. The van der Waals surface area contributed by atoms with Crippen molar-refractivity contribution < 1.29 is 13.9 Å². The van der Waals surface area contributed by atoms with Crippen LogP contribution < -0.4 is 21.5 Å². The van der Waals surface area contributed by atoms with E-state index in [1.807, 2.05) is 28.9 Å². The van der Waals surface area contributed by atoms with E-state index in [1.54, 1.807) is 24.6 Å². The summed E-state index contributed by atoms with van der Waals surface area (Å²) in [6.45, 7) is 1.89. The molecule has 0 bridgehead atoms. The Kier molecular flexibility index (Phi) is 7.26. The van der Waals surface area contributed by atoms with Crippen LogP contribution in [0.25, 0.3) is 28.3 Å². The number of furan rings is 1. The molecule has 12 heteroatoms. The molecular formula is C25H29N9O3. The number of nitrogens with two attached hydrogens (primary N) is 2. The van der Waals surface area contributed by atoms with Gasteiger partial charge in [-0.15, -0.1) is 5.10 Å². The topological polar surface area (TPSA) is 164 Å². The summed E-state index contributed by atoms with van der Waals surface area (Å²) in [5.74, 6) is 1.75. The molecule has 1 amide bonds. The smallest absolute Gasteiger partial charge is 0.257 e. The van der Waals surface area contributed by atoms with Crippen molar-refractivity contribution in [2.45, 2.75) is 32.2 Å². The molecule has 4 aromatic heterocycles. The van der Waals surface area contributed by atoms with Crippen LogP contribution in [0.3, 0.4) is 0 Å². The summed E-state index contributed by atoms with van der Waals surface area (Å²) < 4.78 is 14.3. The largest absolute Gasteiger partial charge is 0.484 e. The molecule has 192 valence electrons. The molecule has 4 heterocycles. The normalized spacial score (nSPS) is 11.4. The Morgan fingerprint density at radius 3 is 2.73 bits per heavy atom. The van der Waals surface area contributed by atoms with Gasteiger partial charge < -0.3 is 25.9 Å². The number of amides is 1. The van der Waals surface area contributed by atoms with Crippen molar-refractivity contribution in [3.63, 3.8) is 0 Å². The summed E-state index contributed by atoms with van der Waals surface area (Å²) in [7, 11) is 0. The van der Waals surface area contributed by atoms with Crippen molar-refractivity contribution in [1.82, 2.24) is 34.7 Å². The first kappa shape index (κ1) is 24.3. The monoisotopic (exact) mass is 503 g/mol. The maximum absolute atomic E-state index is 11.8. The quantitative estimate of drug-likeness (QED) is 0.216. The number of carbonyl (C=O) groups excluding carboxylic acids is 1. The van der Waals surface area contributed by atoms with Crippen molar-refractivity contribution in [2.24, 2.45) is 5.73 Å². The number of aromatic nitrogens is 6. The summed E-state index contributed by atoms with van der Waals surface area (Å²) in [5, 5.41) is 12.5. The third kappa shape index (κ3) is 5.54. The Hall–Kier alpha value is -4.45. The van der Waals surface area contributed by atoms with E-state index >= 15 is 0 Å². The van der Waals surface area contributed by atoms with Crippen LogP contribution in [0.15, 0.2) is 53.3 Å². The van der Waals surface area contributed by atoms with Gasteiger partial charge in [0.2, 0.25) is 11.8 Å². The minimum absolute atomic E-state index is 0.00715. The Morgan fingerprint density at radius 2 is 1.95 bits per heavy atom. The fraction of sp³-hybridized carbons (Fsp3) is 0.320. The van der Waals surface area contributed by atoms with Gasteiger partial charge in [-0.05, 0) is 62.1 Å². The lowest BCUT2D eigenvalue weighted by Crippen LogP contribution is -2.29. The third-order valence-electron chi connectivity index (χ3n) is 5.92. The van der Waals surface area contributed by atoms with Crippen LogP contribution in [0.2, 0.25) is 0 Å². The standard InChI is InChI=1S/C25H29N9O3/c26-11-1-2-12-28-21(35)16-37-18-9-7-17(8-10-18)5-3-13-33-23-19(15-29-33)24-30-22(20-6-4-14-36-20)32-34(24)25(27)31-23/h4,6-10,14-15H,1-3,5,11-13,16,26H2,(H2,27,31)(H,28,35). The minimum atomic E-state index is -0.137. The first-order valence-electron chi connectivity index (χ1n) is 12.2. The molecule has 5 rings (SSSR count). The van der Waals surface area contributed by atoms with E-state index < -0.39 is 0 Å². The molecule has 0 aliphatic carbocycles. The molecule has 5 N–H and O–H groups in total. The Bertz CT molecular complexity index is 1470. The fourth-order valence-electron chi connectivity index (χ4n) is 4.01. The summed E-state index contributed by atoms with van der Waals surface area (Å²) in [6.07, 6.45) is 6.75. The number of nitrogens with zero attached hydrogens (tertiary/aromatic N) is 6. The van der Waals surface area contributed by atoms with Gasteiger partial charge in [0.05, 0.1) is 17.8 Å². The SMILES string of the molecule is NCCCCNC(=O)COc1ccc(CCCn2ncc3c2nc(N)n2nc(-c4ccco4)nc32)cc1. The average Bonchev–Trinajstić information content (AvgIpc) is 3.66. The highest BCUT2D eigenvalue weighted by Gasteiger charge is 2.17. The molecule has 0 saturated heterocycles. The van der Waals surface area contributed by atoms with Crippen molar-refractivity contribution in [3.8, 4) is 17.3 Å². The van der Waals surface area contributed by atoms with Crippen LogP contribution in [-0.2, 0) is 17.8 Å². The van der Waals surface area contributed by atoms with Crippen LogP contribution in [-0.4, -0.2) is 55.0 Å². The van der Waals surface area contributed by atoms with E-state index in [1.165, 1.54) is 4.52 Å². The van der Waals surface area contributed by atoms with Gasteiger partial charge in [0.1, 0.15) is 5.75 Å². The number of benzene rings is 1. The first-order valence-corrected chi connectivity index (χ1v) is 12.2. The molecular weight excluding hydrogens is 474 g/mol. The van der Waals surface area contributed by atoms with Crippen LogP contribution >= 0.6 is 0 Å². The molecule has 0 atom stereocenters. The van der Waals surface area contributed by atoms with Crippen molar-refractivity contribution >= 4 is 28.5 Å². The van der Waals surface area contributed by atoms with E-state index in [4.69, 9.17) is 20.6 Å². The number of unbranched alkanes of at least 4 members (excludes halogenated alkanes) is 1. The van der Waals surface area contributed by atoms with Gasteiger partial charge >= 0.3 is 0 Å². The number of carbonyl (C=O) groups is 1. The molecule has 0 radical (unpaired) electrons. The number of ether oxygens (including phenoxy) is 1. The summed E-state index contributed by atoms with van der Waals surface area (Å²) >= 11 is 0. The molecule has 1 aromatic carbocycles. The van der Waals surface area contributed by atoms with Crippen molar-refractivity contribution in [3.05, 3.63) is 54.4 Å². The highest BCUT2D eigenvalue weighted by molar-refractivity contribution is 5.90. The lowest BCUT2D eigenvalue weighted by atomic mass is 10.1. The zero-order valence-electron chi connectivity index (χ0n) is 20.3. The van der Waals surface area contributed by atoms with Crippen LogP contribution in [0.5, 0.6) is 5.75 Å². The number of hydrogen-bond donors (Lipinski definition) is 3. The van der Waals surface area contributed by atoms with E-state index in [9.17, 15) is 4.79 Å². The number of nitrogen functional groups attached to an aromatic ring is 1. The molecule has 12 nitrogen and oxygen atoms in total. The third-order valence-corrected chi connectivity index (χ3v) is 5.92. The minimum Gasteiger partial charge on any atom is -0.484 e. The van der Waals surface area contributed by atoms with Gasteiger partial charge in [0.25, 0.3) is 5.91 Å². The van der Waals surface area contributed by atoms with Gasteiger partial charge in [0, 0.05) is 13.1 Å². The highest BCUT2D eigenvalue weighted by atomic mass is 16.5. The molecule has 37 heavy (non-hydrogen) atoms. The van der Waals surface area contributed by atoms with Gasteiger partial charge in [-0.2, -0.15) is 14.6 Å². The van der Waals surface area contributed by atoms with Gasteiger partial charge in [-0.25, -0.2) is 9.67 Å². The summed E-state index contributed by atoms with van der Waals surface area (Å²) in [4.78, 5) is 20.9. The van der Waals surface area contributed by atoms with Crippen LogP contribution in [0.1, 0.15) is 24.8 Å². The number of aryl methyl sites for hydroxylation is 2. The Balaban J connectivity index is 1.17. The number of anilines is 1. The van der Waals surface area contributed by atoms with Crippen LogP contribution in [0, 0.1) is 0 Å². The predicted octanol–water partition coefficient (Wildman–Crippen LogP) is 2.18. The van der Waals surface area contributed by atoms with Gasteiger partial charge in [-0.3, -0.25) is 4.79 Å². The first-order chi connectivity index (χ1) is 18.1. The molecule has 0 aliphatic rings. The Labute approximate surface area is 212 Å². The summed E-state index contributed by atoms with van der Waals surface area (Å²) in [6, 6.07) is 11.3. The van der Waals surface area contributed by atoms with Crippen molar-refractivity contribution in [1.29, 1.82) is 0 Å². The highest BCUT2D eigenvalue weighted by Crippen LogP contribution is 2.23. The molecule has 0 fully saturated rings. The zero-order chi connectivity index (χ0) is 25.6. The summed E-state index contributed by atoms with van der Waals surface area (Å²) in [5.41, 5.74) is 14.0. The maximum Gasteiger partial charge on any atom is 0.257 e. The molecule has 0 saturated carbocycles. The number of hydrogen-bond acceptors (Lipinski definition) is 9. The van der Waals surface area contributed by atoms with E-state index in [0.717, 1.165) is 36.6 Å². The second kappa shape index (κ2) is 11.1. The molecule has 0 unspecified atom stereocenters. The van der Waals surface area contributed by atoms with E-state index in [2.05, 4.69) is 25.5 Å². The second-order valence-electron chi connectivity index (χ2n) is 8.61. The number of fused-ring (bicyclic) bond motifs is 3. The van der Waals surface area contributed by atoms with E-state index in [0.29, 0.717) is 48.3 Å². The Morgan fingerprint density at radius 1 is 1.08 bits per heavy atom. The van der Waals surface area contributed by atoms with Crippen molar-refractivity contribution in [2.75, 3.05) is 25.4 Å². The predicted molar refractivity (Wildman–Crippen MR) is 138 cm³/mol. The molecule has 0 aliphatic heterocycles. The lowest BCUT2D eigenvalue weighted by Gasteiger charge is -2.08.